The lowest BCUT2D eigenvalue weighted by molar-refractivity contribution is 0.142. The fraction of sp³-hybridized carbons (Fsp3) is 0.516. The number of benzene rings is 2. The molecule has 0 radical (unpaired) electrons. The van der Waals surface area contributed by atoms with Crippen LogP contribution in [-0.2, 0) is 4.74 Å². The van der Waals surface area contributed by atoms with Crippen molar-refractivity contribution in [1.29, 1.82) is 0 Å². The van der Waals surface area contributed by atoms with Crippen LogP contribution in [0, 0.1) is 23.7 Å². The van der Waals surface area contributed by atoms with E-state index in [0.717, 1.165) is 11.8 Å². The summed E-state index contributed by atoms with van der Waals surface area (Å²) in [6.45, 7) is 14.4. The highest BCUT2D eigenvalue weighted by Crippen LogP contribution is 2.44. The van der Waals surface area contributed by atoms with Gasteiger partial charge in [-0.3, -0.25) is 0 Å². The molecule has 3 nitrogen and oxygen atoms in total. The largest absolute Gasteiger partial charge is 0.449 e. The highest BCUT2D eigenvalue weighted by Gasteiger charge is 2.32. The van der Waals surface area contributed by atoms with Crippen LogP contribution in [0.2, 0.25) is 19.6 Å². The lowest BCUT2D eigenvalue weighted by Crippen LogP contribution is -2.50. The molecule has 1 fully saturated rings. The number of rotatable bonds is 7. The van der Waals surface area contributed by atoms with E-state index in [2.05, 4.69) is 106 Å². The zero-order valence-corrected chi connectivity index (χ0v) is 23.4. The van der Waals surface area contributed by atoms with Crippen LogP contribution in [0.4, 0.5) is 4.79 Å². The van der Waals surface area contributed by atoms with Crippen molar-refractivity contribution in [3.8, 4) is 11.1 Å². The molecule has 1 saturated carbocycles. The summed E-state index contributed by atoms with van der Waals surface area (Å²) in [7, 11) is -1.67. The number of allylic oxidation sites excluding steroid dienone is 1. The number of carbonyl (C=O) groups excluding carboxylic acids is 1. The van der Waals surface area contributed by atoms with Crippen LogP contribution in [0.5, 0.6) is 0 Å². The van der Waals surface area contributed by atoms with Crippen molar-refractivity contribution in [3.63, 3.8) is 0 Å². The van der Waals surface area contributed by atoms with E-state index in [1.165, 1.54) is 41.5 Å². The maximum atomic E-state index is 13.0. The molecule has 0 bridgehead atoms. The van der Waals surface area contributed by atoms with Crippen LogP contribution in [0.25, 0.3) is 11.1 Å². The first kappa shape index (κ1) is 25.8. The number of amides is 1. The van der Waals surface area contributed by atoms with Gasteiger partial charge in [-0.05, 0) is 58.8 Å². The van der Waals surface area contributed by atoms with Crippen LogP contribution in [0.3, 0.4) is 0 Å². The molecule has 35 heavy (non-hydrogen) atoms. The third kappa shape index (κ3) is 5.91. The standard InChI is InChI=1S/C31H43NO2Si/c1-21(2)24-17-15-22(3)19-23(24)16-18-30(35(4,5)6)32-31(33)34-20-29-27-13-9-7-11-25(27)26-12-8-10-14-28(26)29/h7-14,16,18,21-24,29-30H,15,17,19-20H2,1-6H3,(H,32,33)/t22-,23-,24+,30-/m1/s1. The van der Waals surface area contributed by atoms with Gasteiger partial charge in [0.15, 0.2) is 0 Å². The Morgan fingerprint density at radius 3 is 2.20 bits per heavy atom. The van der Waals surface area contributed by atoms with Gasteiger partial charge in [-0.1, -0.05) is 108 Å². The summed E-state index contributed by atoms with van der Waals surface area (Å²) in [6.07, 6.45) is 8.32. The van der Waals surface area contributed by atoms with E-state index in [4.69, 9.17) is 4.74 Å². The molecule has 0 unspecified atom stereocenters. The first-order valence-electron chi connectivity index (χ1n) is 13.4. The molecule has 0 aliphatic heterocycles. The first-order chi connectivity index (χ1) is 16.6. The predicted octanol–water partition coefficient (Wildman–Crippen LogP) is 8.04. The highest BCUT2D eigenvalue weighted by atomic mass is 28.3. The number of hydrogen-bond acceptors (Lipinski definition) is 2. The maximum absolute atomic E-state index is 13.0. The van der Waals surface area contributed by atoms with Crippen molar-refractivity contribution in [1.82, 2.24) is 5.32 Å². The lowest BCUT2D eigenvalue weighted by Gasteiger charge is -2.36. The van der Waals surface area contributed by atoms with E-state index in [1.54, 1.807) is 0 Å². The molecular formula is C31H43NO2Si. The normalized spacial score (nSPS) is 23.2. The average Bonchev–Trinajstić information content (AvgIpc) is 3.13. The molecule has 4 heteroatoms. The molecule has 2 aliphatic rings. The molecule has 2 aliphatic carbocycles. The number of hydrogen-bond donors (Lipinski definition) is 1. The van der Waals surface area contributed by atoms with E-state index in [0.29, 0.717) is 18.4 Å². The Hall–Kier alpha value is -2.33. The second kappa shape index (κ2) is 10.7. The van der Waals surface area contributed by atoms with E-state index < -0.39 is 8.07 Å². The van der Waals surface area contributed by atoms with Gasteiger partial charge in [0.1, 0.15) is 6.61 Å². The van der Waals surface area contributed by atoms with Crippen molar-refractivity contribution in [3.05, 3.63) is 71.8 Å². The molecule has 2 aromatic carbocycles. The number of nitrogens with one attached hydrogen (secondary N) is 1. The highest BCUT2D eigenvalue weighted by molar-refractivity contribution is 6.78. The Balaban J connectivity index is 1.43. The SMILES string of the molecule is CC(C)[C@@H]1CC[C@@H](C)C[C@H]1C=C[C@H](NC(=O)OCC1c2ccccc2-c2ccccc21)[Si](C)(C)C. The van der Waals surface area contributed by atoms with Crippen LogP contribution < -0.4 is 5.32 Å². The number of fused-ring (bicyclic) bond motifs is 3. The van der Waals surface area contributed by atoms with Crippen LogP contribution >= 0.6 is 0 Å². The molecule has 0 spiro atoms. The molecular weight excluding hydrogens is 446 g/mol. The van der Waals surface area contributed by atoms with Crippen molar-refractivity contribution >= 4 is 14.2 Å². The molecule has 188 valence electrons. The molecule has 1 N–H and O–H groups in total. The minimum absolute atomic E-state index is 0.0585. The zero-order chi connectivity index (χ0) is 25.2. The Bertz CT molecular complexity index is 1010. The number of ether oxygens (including phenoxy) is 1. The second-order valence-electron chi connectivity index (χ2n) is 12.2. The fourth-order valence-electron chi connectivity index (χ4n) is 6.07. The molecule has 0 saturated heterocycles. The predicted molar refractivity (Wildman–Crippen MR) is 149 cm³/mol. The smallest absolute Gasteiger partial charge is 0.407 e. The Morgan fingerprint density at radius 1 is 1.03 bits per heavy atom. The van der Waals surface area contributed by atoms with Gasteiger partial charge in [-0.15, -0.1) is 0 Å². The van der Waals surface area contributed by atoms with Gasteiger partial charge in [0, 0.05) is 11.6 Å². The summed E-state index contributed by atoms with van der Waals surface area (Å²) in [4.78, 5) is 13.0. The monoisotopic (exact) mass is 489 g/mol. The Labute approximate surface area is 213 Å². The third-order valence-electron chi connectivity index (χ3n) is 8.17. The van der Waals surface area contributed by atoms with Crippen molar-refractivity contribution in [2.45, 2.75) is 71.3 Å². The summed E-state index contributed by atoms with van der Waals surface area (Å²) in [5.74, 6) is 2.89. The molecule has 2 aromatic rings. The molecule has 0 aromatic heterocycles. The topological polar surface area (TPSA) is 38.3 Å². The lowest BCUT2D eigenvalue weighted by atomic mass is 9.70. The van der Waals surface area contributed by atoms with Crippen molar-refractivity contribution in [2.24, 2.45) is 23.7 Å². The van der Waals surface area contributed by atoms with E-state index in [9.17, 15) is 4.79 Å². The summed E-state index contributed by atoms with van der Waals surface area (Å²) in [6, 6.07) is 16.9. The van der Waals surface area contributed by atoms with Crippen molar-refractivity contribution in [2.75, 3.05) is 6.61 Å². The summed E-state index contributed by atoms with van der Waals surface area (Å²) >= 11 is 0. The second-order valence-corrected chi connectivity index (χ2v) is 17.5. The van der Waals surface area contributed by atoms with Gasteiger partial charge < -0.3 is 10.1 Å². The molecule has 1 amide bonds. The van der Waals surface area contributed by atoms with Gasteiger partial charge in [-0.2, -0.15) is 0 Å². The third-order valence-corrected chi connectivity index (χ3v) is 10.4. The zero-order valence-electron chi connectivity index (χ0n) is 22.4. The molecule has 4 rings (SSSR count). The van der Waals surface area contributed by atoms with Gasteiger partial charge in [0.2, 0.25) is 0 Å². The van der Waals surface area contributed by atoms with Crippen LogP contribution in [0.15, 0.2) is 60.7 Å². The average molecular weight is 490 g/mol. The molecule has 4 atom stereocenters. The fourth-order valence-corrected chi connectivity index (χ4v) is 7.31. The quantitative estimate of drug-likeness (QED) is 0.316. The van der Waals surface area contributed by atoms with Crippen LogP contribution in [0.1, 0.15) is 57.1 Å². The minimum atomic E-state index is -1.67. The first-order valence-corrected chi connectivity index (χ1v) is 17.0. The summed E-state index contributed by atoms with van der Waals surface area (Å²) in [5, 5.41) is 3.24. The maximum Gasteiger partial charge on any atom is 0.407 e. The summed E-state index contributed by atoms with van der Waals surface area (Å²) < 4.78 is 5.87. The Kier molecular flexibility index (Phi) is 7.90. The van der Waals surface area contributed by atoms with E-state index in [-0.39, 0.29) is 17.7 Å². The van der Waals surface area contributed by atoms with Gasteiger partial charge >= 0.3 is 6.09 Å². The Morgan fingerprint density at radius 2 is 1.63 bits per heavy atom. The van der Waals surface area contributed by atoms with E-state index >= 15 is 0 Å². The van der Waals surface area contributed by atoms with Crippen molar-refractivity contribution < 1.29 is 9.53 Å². The van der Waals surface area contributed by atoms with Gasteiger partial charge in [0.25, 0.3) is 0 Å². The van der Waals surface area contributed by atoms with Gasteiger partial charge in [-0.25, -0.2) is 4.79 Å². The minimum Gasteiger partial charge on any atom is -0.449 e. The van der Waals surface area contributed by atoms with Gasteiger partial charge in [0.05, 0.1) is 8.07 Å². The molecule has 0 heterocycles. The van der Waals surface area contributed by atoms with Crippen LogP contribution in [-0.4, -0.2) is 26.4 Å². The number of alkyl carbamates (subject to hydrolysis) is 1. The number of carbonyl (C=O) groups is 1. The van der Waals surface area contributed by atoms with E-state index in [1.807, 2.05) is 0 Å². The summed E-state index contributed by atoms with van der Waals surface area (Å²) in [5.41, 5.74) is 5.05.